The van der Waals surface area contributed by atoms with Crippen LogP contribution in [0.15, 0.2) is 0 Å². The summed E-state index contributed by atoms with van der Waals surface area (Å²) < 4.78 is 24.0. The van der Waals surface area contributed by atoms with Crippen molar-refractivity contribution in [3.63, 3.8) is 0 Å². The Labute approximate surface area is 82.3 Å². The molecule has 5 heteroatoms. The van der Waals surface area contributed by atoms with Gasteiger partial charge in [-0.15, -0.1) is 12.4 Å². The Balaban J connectivity index is 0.000000845. The lowest BCUT2D eigenvalue weighted by molar-refractivity contribution is 0.0179. The lowest BCUT2D eigenvalue weighted by Crippen LogP contribution is -2.43. The van der Waals surface area contributed by atoms with E-state index in [0.29, 0.717) is 5.92 Å². The molecule has 2 fully saturated rings. The van der Waals surface area contributed by atoms with E-state index >= 15 is 0 Å². The van der Waals surface area contributed by atoms with Gasteiger partial charge in [-0.05, 0) is 18.8 Å². The van der Waals surface area contributed by atoms with Gasteiger partial charge in [-0.2, -0.15) is 0 Å². The molecule has 13 heavy (non-hydrogen) atoms. The first-order valence-corrected chi connectivity index (χ1v) is 4.37. The zero-order chi connectivity index (χ0) is 8.72. The monoisotopic (exact) mass is 213 g/mol. The minimum Gasteiger partial charge on any atom is -0.391 e. The number of hydrogen-bond acceptors (Lipinski definition) is 2. The number of hydrogen-bond donors (Lipinski definition) is 1. The Morgan fingerprint density at radius 2 is 2.08 bits per heavy atom. The summed E-state index contributed by atoms with van der Waals surface area (Å²) >= 11 is 0. The molecule has 1 heterocycles. The van der Waals surface area contributed by atoms with Gasteiger partial charge in [0.1, 0.15) is 0 Å². The van der Waals surface area contributed by atoms with E-state index in [1.54, 1.807) is 4.90 Å². The lowest BCUT2D eigenvalue weighted by atomic mass is 10.1. The van der Waals surface area contributed by atoms with Gasteiger partial charge in [0.15, 0.2) is 0 Å². The van der Waals surface area contributed by atoms with Crippen molar-refractivity contribution in [1.82, 2.24) is 4.90 Å². The molecule has 78 valence electrons. The Kier molecular flexibility index (Phi) is 3.49. The Bertz CT molecular complexity index is 182. The molecule has 0 radical (unpaired) electrons. The summed E-state index contributed by atoms with van der Waals surface area (Å²) in [6.45, 7) is 0.588. The molecule has 2 rings (SSSR count). The summed E-state index contributed by atoms with van der Waals surface area (Å²) in [7, 11) is 0. The summed E-state index contributed by atoms with van der Waals surface area (Å²) in [6.07, 6.45) is -0.905. The molecule has 0 aromatic heterocycles. The van der Waals surface area contributed by atoms with Crippen LogP contribution in [0.4, 0.5) is 8.78 Å². The predicted molar refractivity (Wildman–Crippen MR) is 47.3 cm³/mol. The number of nitrogens with zero attached hydrogens (tertiary/aromatic N) is 1. The highest BCUT2D eigenvalue weighted by molar-refractivity contribution is 5.85. The number of aliphatic hydroxyl groups excluding tert-OH is 1. The normalized spacial score (nSPS) is 38.3. The van der Waals surface area contributed by atoms with Crippen LogP contribution < -0.4 is 0 Å². The van der Waals surface area contributed by atoms with Gasteiger partial charge in [0.05, 0.1) is 12.6 Å². The summed E-state index contributed by atoms with van der Waals surface area (Å²) in [5, 5.41) is 9.42. The van der Waals surface area contributed by atoms with Crippen LogP contribution in [0.2, 0.25) is 0 Å². The highest BCUT2D eigenvalue weighted by Gasteiger charge is 2.44. The van der Waals surface area contributed by atoms with Gasteiger partial charge in [0, 0.05) is 12.6 Å². The van der Waals surface area contributed by atoms with Crippen molar-refractivity contribution >= 4 is 12.4 Å². The molecular formula is C8H14ClF2NO. The van der Waals surface area contributed by atoms with E-state index in [1.807, 2.05) is 0 Å². The molecule has 1 saturated carbocycles. The molecule has 0 aromatic carbocycles. The standard InChI is InChI=1S/C8H13F2NO.ClH/c9-8(10)4-11-3-5-1-6(11)7(12)2-5;/h5-8,12H,1-4H2;1H/t5-,6+,7+;/m0./s1. The van der Waals surface area contributed by atoms with E-state index in [4.69, 9.17) is 0 Å². The van der Waals surface area contributed by atoms with Crippen molar-refractivity contribution in [2.45, 2.75) is 31.4 Å². The maximum atomic E-state index is 12.0. The van der Waals surface area contributed by atoms with Crippen molar-refractivity contribution in [2.24, 2.45) is 5.92 Å². The fourth-order valence-electron chi connectivity index (χ4n) is 2.49. The van der Waals surface area contributed by atoms with E-state index < -0.39 is 6.43 Å². The maximum absolute atomic E-state index is 12.0. The zero-order valence-corrected chi connectivity index (χ0v) is 8.01. The summed E-state index contributed by atoms with van der Waals surface area (Å²) in [5.41, 5.74) is 0. The summed E-state index contributed by atoms with van der Waals surface area (Å²) in [5.74, 6) is 0.462. The molecule has 0 spiro atoms. The highest BCUT2D eigenvalue weighted by atomic mass is 35.5. The van der Waals surface area contributed by atoms with Crippen LogP contribution in [0.5, 0.6) is 0 Å². The quantitative estimate of drug-likeness (QED) is 0.744. The zero-order valence-electron chi connectivity index (χ0n) is 7.20. The van der Waals surface area contributed by atoms with Crippen molar-refractivity contribution in [2.75, 3.05) is 13.1 Å². The third-order valence-electron chi connectivity index (χ3n) is 2.93. The van der Waals surface area contributed by atoms with Gasteiger partial charge in [0.25, 0.3) is 6.43 Å². The Morgan fingerprint density at radius 3 is 2.54 bits per heavy atom. The van der Waals surface area contributed by atoms with E-state index in [9.17, 15) is 13.9 Å². The average molecular weight is 214 g/mol. The smallest absolute Gasteiger partial charge is 0.251 e. The van der Waals surface area contributed by atoms with Crippen LogP contribution in [0.1, 0.15) is 12.8 Å². The van der Waals surface area contributed by atoms with Crippen molar-refractivity contribution in [3.05, 3.63) is 0 Å². The highest BCUT2D eigenvalue weighted by Crippen LogP contribution is 2.37. The lowest BCUT2D eigenvalue weighted by Gasteiger charge is -2.29. The van der Waals surface area contributed by atoms with Crippen LogP contribution in [0.3, 0.4) is 0 Å². The second kappa shape index (κ2) is 4.07. The number of rotatable bonds is 2. The topological polar surface area (TPSA) is 23.5 Å². The fourth-order valence-corrected chi connectivity index (χ4v) is 2.49. The van der Waals surface area contributed by atoms with E-state index in [-0.39, 0.29) is 31.1 Å². The van der Waals surface area contributed by atoms with Gasteiger partial charge in [-0.1, -0.05) is 0 Å². The molecule has 0 amide bonds. The number of aliphatic hydroxyl groups is 1. The number of alkyl halides is 2. The van der Waals surface area contributed by atoms with E-state index in [0.717, 1.165) is 19.4 Å². The Morgan fingerprint density at radius 1 is 1.38 bits per heavy atom. The Hall–Kier alpha value is 0.0700. The number of likely N-dealkylation sites (tertiary alicyclic amines) is 1. The molecule has 1 saturated heterocycles. The third-order valence-corrected chi connectivity index (χ3v) is 2.93. The summed E-state index contributed by atoms with van der Waals surface area (Å²) in [6, 6.07) is 0.0176. The minimum absolute atomic E-state index is 0. The van der Waals surface area contributed by atoms with Gasteiger partial charge in [-0.3, -0.25) is 4.90 Å². The first-order valence-electron chi connectivity index (χ1n) is 4.37. The van der Waals surface area contributed by atoms with Crippen molar-refractivity contribution in [1.29, 1.82) is 0 Å². The van der Waals surface area contributed by atoms with E-state index in [2.05, 4.69) is 0 Å². The average Bonchev–Trinajstić information content (AvgIpc) is 2.43. The van der Waals surface area contributed by atoms with Crippen LogP contribution in [-0.2, 0) is 0 Å². The number of halogens is 3. The van der Waals surface area contributed by atoms with Crippen LogP contribution >= 0.6 is 12.4 Å². The molecule has 1 N–H and O–H groups in total. The first-order chi connectivity index (χ1) is 5.66. The second-order valence-corrected chi connectivity index (χ2v) is 3.82. The first kappa shape index (κ1) is 11.1. The maximum Gasteiger partial charge on any atom is 0.251 e. The molecule has 0 unspecified atom stereocenters. The molecule has 2 nitrogen and oxygen atoms in total. The molecule has 2 aliphatic rings. The number of piperidine rings is 1. The predicted octanol–water partition coefficient (Wildman–Crippen LogP) is 1.13. The molecule has 1 aliphatic heterocycles. The van der Waals surface area contributed by atoms with Gasteiger partial charge < -0.3 is 5.11 Å². The SMILES string of the molecule is Cl.O[C@@H]1C[C@@H]2C[C@H]1N(CC(F)F)C2. The minimum atomic E-state index is -2.27. The van der Waals surface area contributed by atoms with Crippen molar-refractivity contribution < 1.29 is 13.9 Å². The van der Waals surface area contributed by atoms with Gasteiger partial charge >= 0.3 is 0 Å². The third kappa shape index (κ3) is 2.11. The fraction of sp³-hybridized carbons (Fsp3) is 1.00. The molecule has 2 bridgehead atoms. The largest absolute Gasteiger partial charge is 0.391 e. The van der Waals surface area contributed by atoms with Crippen LogP contribution in [0, 0.1) is 5.92 Å². The van der Waals surface area contributed by atoms with Crippen LogP contribution in [0.25, 0.3) is 0 Å². The molecule has 0 aromatic rings. The second-order valence-electron chi connectivity index (χ2n) is 3.82. The molecule has 1 aliphatic carbocycles. The summed E-state index contributed by atoms with van der Waals surface area (Å²) in [4.78, 5) is 1.73. The van der Waals surface area contributed by atoms with Crippen molar-refractivity contribution in [3.8, 4) is 0 Å². The van der Waals surface area contributed by atoms with Gasteiger partial charge in [-0.25, -0.2) is 8.78 Å². The molecular weight excluding hydrogens is 200 g/mol. The number of fused-ring (bicyclic) bond motifs is 2. The molecule has 3 atom stereocenters. The van der Waals surface area contributed by atoms with Gasteiger partial charge in [0.2, 0.25) is 0 Å². The van der Waals surface area contributed by atoms with Crippen LogP contribution in [-0.4, -0.2) is 41.7 Å². The van der Waals surface area contributed by atoms with E-state index in [1.165, 1.54) is 0 Å².